The molecule has 0 spiro atoms. The van der Waals surface area contributed by atoms with Gasteiger partial charge in [-0.15, -0.1) is 0 Å². The zero-order valence-electron chi connectivity index (χ0n) is 10.8. The lowest BCUT2D eigenvalue weighted by Gasteiger charge is -2.10. The highest BCUT2D eigenvalue weighted by Gasteiger charge is 2.19. The molecule has 19 heavy (non-hydrogen) atoms. The first-order valence-corrected chi connectivity index (χ1v) is 6.18. The SMILES string of the molecule is CCNC(=O)CCNC(=O)C(C#N)c1ccccc1. The van der Waals surface area contributed by atoms with Crippen molar-refractivity contribution in [2.45, 2.75) is 19.3 Å². The van der Waals surface area contributed by atoms with Crippen LogP contribution in [0.25, 0.3) is 0 Å². The van der Waals surface area contributed by atoms with Gasteiger partial charge in [-0.3, -0.25) is 9.59 Å². The lowest BCUT2D eigenvalue weighted by Crippen LogP contribution is -2.33. The summed E-state index contributed by atoms with van der Waals surface area (Å²) in [6.07, 6.45) is 0.215. The van der Waals surface area contributed by atoms with E-state index in [0.717, 1.165) is 0 Å². The number of nitrogens with zero attached hydrogens (tertiary/aromatic N) is 1. The number of nitriles is 1. The number of benzene rings is 1. The van der Waals surface area contributed by atoms with Gasteiger partial charge in [0.1, 0.15) is 5.92 Å². The molecule has 0 saturated heterocycles. The summed E-state index contributed by atoms with van der Waals surface area (Å²) < 4.78 is 0. The third-order valence-corrected chi connectivity index (χ3v) is 2.55. The van der Waals surface area contributed by atoms with Gasteiger partial charge in [-0.05, 0) is 12.5 Å². The van der Waals surface area contributed by atoms with Gasteiger partial charge >= 0.3 is 0 Å². The van der Waals surface area contributed by atoms with Crippen LogP contribution in [-0.4, -0.2) is 24.9 Å². The maximum atomic E-state index is 11.8. The van der Waals surface area contributed by atoms with Crippen molar-refractivity contribution in [1.82, 2.24) is 10.6 Å². The smallest absolute Gasteiger partial charge is 0.241 e. The van der Waals surface area contributed by atoms with E-state index in [1.165, 1.54) is 0 Å². The van der Waals surface area contributed by atoms with Crippen molar-refractivity contribution in [1.29, 1.82) is 5.26 Å². The second-order valence-corrected chi connectivity index (χ2v) is 3.97. The molecule has 5 heteroatoms. The van der Waals surface area contributed by atoms with Crippen LogP contribution in [0.4, 0.5) is 0 Å². The van der Waals surface area contributed by atoms with Gasteiger partial charge in [-0.1, -0.05) is 30.3 Å². The molecule has 5 nitrogen and oxygen atoms in total. The Bertz CT molecular complexity index is 465. The van der Waals surface area contributed by atoms with E-state index < -0.39 is 5.92 Å². The van der Waals surface area contributed by atoms with Gasteiger partial charge in [0.2, 0.25) is 11.8 Å². The Hall–Kier alpha value is -2.35. The first-order chi connectivity index (χ1) is 9.19. The molecule has 1 aromatic carbocycles. The summed E-state index contributed by atoms with van der Waals surface area (Å²) in [4.78, 5) is 23.1. The van der Waals surface area contributed by atoms with Crippen molar-refractivity contribution in [3.05, 3.63) is 35.9 Å². The van der Waals surface area contributed by atoms with Crippen LogP contribution in [0.15, 0.2) is 30.3 Å². The molecule has 0 heterocycles. The Morgan fingerprint density at radius 3 is 2.53 bits per heavy atom. The lowest BCUT2D eigenvalue weighted by atomic mass is 10.00. The highest BCUT2D eigenvalue weighted by molar-refractivity contribution is 5.86. The van der Waals surface area contributed by atoms with Crippen LogP contribution in [-0.2, 0) is 9.59 Å². The molecule has 0 fully saturated rings. The first-order valence-electron chi connectivity index (χ1n) is 6.18. The third kappa shape index (κ3) is 4.80. The fraction of sp³-hybridized carbons (Fsp3) is 0.357. The molecule has 2 N–H and O–H groups in total. The van der Waals surface area contributed by atoms with E-state index in [-0.39, 0.29) is 24.8 Å². The van der Waals surface area contributed by atoms with Crippen LogP contribution in [0.2, 0.25) is 0 Å². The average Bonchev–Trinajstić information content (AvgIpc) is 2.41. The number of rotatable bonds is 6. The Morgan fingerprint density at radius 1 is 1.26 bits per heavy atom. The molecule has 0 saturated carbocycles. The van der Waals surface area contributed by atoms with Crippen LogP contribution >= 0.6 is 0 Å². The summed E-state index contributed by atoms with van der Waals surface area (Å²) in [6.45, 7) is 2.63. The summed E-state index contributed by atoms with van der Waals surface area (Å²) >= 11 is 0. The third-order valence-electron chi connectivity index (χ3n) is 2.55. The summed E-state index contributed by atoms with van der Waals surface area (Å²) in [5, 5.41) is 14.3. The number of hydrogen-bond acceptors (Lipinski definition) is 3. The van der Waals surface area contributed by atoms with E-state index in [1.54, 1.807) is 24.3 Å². The Labute approximate surface area is 112 Å². The number of carbonyl (C=O) groups excluding carboxylic acids is 2. The molecular formula is C14H17N3O2. The van der Waals surface area contributed by atoms with E-state index in [4.69, 9.17) is 5.26 Å². The van der Waals surface area contributed by atoms with Gasteiger partial charge in [0, 0.05) is 19.5 Å². The van der Waals surface area contributed by atoms with Gasteiger partial charge in [-0.2, -0.15) is 5.26 Å². The highest BCUT2D eigenvalue weighted by atomic mass is 16.2. The molecule has 0 aliphatic heterocycles. The molecular weight excluding hydrogens is 242 g/mol. The maximum absolute atomic E-state index is 11.8. The topological polar surface area (TPSA) is 82.0 Å². The largest absolute Gasteiger partial charge is 0.356 e. The van der Waals surface area contributed by atoms with Crippen molar-refractivity contribution in [2.24, 2.45) is 0 Å². The second kappa shape index (κ2) is 7.88. The number of hydrogen-bond donors (Lipinski definition) is 2. The lowest BCUT2D eigenvalue weighted by molar-refractivity contribution is -0.122. The summed E-state index contributed by atoms with van der Waals surface area (Å²) in [7, 11) is 0. The normalized spacial score (nSPS) is 11.2. The highest BCUT2D eigenvalue weighted by Crippen LogP contribution is 2.14. The molecule has 1 rings (SSSR count). The van der Waals surface area contributed by atoms with Crippen molar-refractivity contribution < 1.29 is 9.59 Å². The fourth-order valence-electron chi connectivity index (χ4n) is 1.62. The van der Waals surface area contributed by atoms with E-state index >= 15 is 0 Å². The zero-order valence-corrected chi connectivity index (χ0v) is 10.8. The average molecular weight is 259 g/mol. The van der Waals surface area contributed by atoms with Crippen molar-refractivity contribution in [3.8, 4) is 6.07 Å². The van der Waals surface area contributed by atoms with Gasteiger partial charge in [0.05, 0.1) is 6.07 Å². The van der Waals surface area contributed by atoms with Crippen molar-refractivity contribution in [2.75, 3.05) is 13.1 Å². The predicted octanol–water partition coefficient (Wildman–Crippen LogP) is 0.936. The summed E-state index contributed by atoms with van der Waals surface area (Å²) in [5.41, 5.74) is 0.653. The van der Waals surface area contributed by atoms with E-state index in [9.17, 15) is 9.59 Å². The molecule has 0 radical (unpaired) electrons. The molecule has 100 valence electrons. The predicted molar refractivity (Wildman–Crippen MR) is 71.1 cm³/mol. The molecule has 1 aromatic rings. The van der Waals surface area contributed by atoms with E-state index in [2.05, 4.69) is 10.6 Å². The van der Waals surface area contributed by atoms with Gasteiger partial charge in [0.15, 0.2) is 0 Å². The van der Waals surface area contributed by atoms with Crippen LogP contribution in [0.1, 0.15) is 24.8 Å². The molecule has 1 atom stereocenters. The standard InChI is InChI=1S/C14H17N3O2/c1-2-16-13(18)8-9-17-14(19)12(10-15)11-6-4-3-5-7-11/h3-7,12H,2,8-9H2,1H3,(H,16,18)(H,17,19). The molecule has 0 aliphatic carbocycles. The first kappa shape index (κ1) is 14.7. The Kier molecular flexibility index (Phi) is 6.10. The minimum absolute atomic E-state index is 0.115. The van der Waals surface area contributed by atoms with Crippen molar-refractivity contribution in [3.63, 3.8) is 0 Å². The Balaban J connectivity index is 2.48. The van der Waals surface area contributed by atoms with Gasteiger partial charge < -0.3 is 10.6 Å². The van der Waals surface area contributed by atoms with Crippen LogP contribution in [0, 0.1) is 11.3 Å². The molecule has 0 aliphatic rings. The fourth-order valence-corrected chi connectivity index (χ4v) is 1.62. The van der Waals surface area contributed by atoms with Gasteiger partial charge in [-0.25, -0.2) is 0 Å². The Morgan fingerprint density at radius 2 is 1.95 bits per heavy atom. The van der Waals surface area contributed by atoms with Crippen LogP contribution in [0.5, 0.6) is 0 Å². The number of carbonyl (C=O) groups is 2. The minimum Gasteiger partial charge on any atom is -0.356 e. The molecule has 0 aromatic heterocycles. The van der Waals surface area contributed by atoms with E-state index in [1.807, 2.05) is 19.1 Å². The van der Waals surface area contributed by atoms with E-state index in [0.29, 0.717) is 12.1 Å². The summed E-state index contributed by atoms with van der Waals surface area (Å²) in [6, 6.07) is 10.8. The zero-order chi connectivity index (χ0) is 14.1. The second-order valence-electron chi connectivity index (χ2n) is 3.97. The van der Waals surface area contributed by atoms with Crippen LogP contribution in [0.3, 0.4) is 0 Å². The maximum Gasteiger partial charge on any atom is 0.241 e. The number of nitrogens with one attached hydrogen (secondary N) is 2. The molecule has 1 unspecified atom stereocenters. The number of amides is 2. The summed E-state index contributed by atoms with van der Waals surface area (Å²) in [5.74, 6) is -1.33. The van der Waals surface area contributed by atoms with Crippen LogP contribution < -0.4 is 10.6 Å². The molecule has 2 amide bonds. The van der Waals surface area contributed by atoms with Crippen molar-refractivity contribution >= 4 is 11.8 Å². The minimum atomic E-state index is -0.838. The van der Waals surface area contributed by atoms with Gasteiger partial charge in [0.25, 0.3) is 0 Å². The monoisotopic (exact) mass is 259 g/mol. The molecule has 0 bridgehead atoms. The quantitative estimate of drug-likeness (QED) is 0.797.